The summed E-state index contributed by atoms with van der Waals surface area (Å²) < 4.78 is 32.8. The van der Waals surface area contributed by atoms with E-state index in [1.54, 1.807) is 0 Å². The standard InChI is InChI=1S/C23H22N4O6S/c28-23(24-18-8-10-20(11-9-18)26-12-14-33-15-13-26)17-4-6-19(7-5-17)25-34(31,32)22-3-1-2-21(16-22)27(29)30/h1-11,16,25H,12-15H2,(H,24,28). The smallest absolute Gasteiger partial charge is 0.270 e. The Kier molecular flexibility index (Phi) is 6.75. The number of anilines is 3. The minimum absolute atomic E-state index is 0.220. The Morgan fingerprint density at radius 3 is 2.24 bits per heavy atom. The van der Waals surface area contributed by atoms with Crippen LogP contribution in [0.2, 0.25) is 0 Å². The molecule has 1 heterocycles. The van der Waals surface area contributed by atoms with Crippen molar-refractivity contribution in [1.29, 1.82) is 0 Å². The lowest BCUT2D eigenvalue weighted by Gasteiger charge is -2.28. The van der Waals surface area contributed by atoms with E-state index in [9.17, 15) is 23.3 Å². The van der Waals surface area contributed by atoms with Gasteiger partial charge in [-0.1, -0.05) is 6.07 Å². The van der Waals surface area contributed by atoms with Crippen LogP contribution in [0.3, 0.4) is 0 Å². The Labute approximate surface area is 196 Å². The maximum Gasteiger partial charge on any atom is 0.270 e. The minimum atomic E-state index is -4.03. The Hall–Kier alpha value is -3.96. The van der Waals surface area contributed by atoms with Gasteiger partial charge < -0.3 is 15.0 Å². The first-order valence-electron chi connectivity index (χ1n) is 10.4. The number of nitrogens with zero attached hydrogens (tertiary/aromatic N) is 2. The van der Waals surface area contributed by atoms with E-state index in [0.717, 1.165) is 24.8 Å². The van der Waals surface area contributed by atoms with Gasteiger partial charge in [-0.3, -0.25) is 19.6 Å². The molecular weight excluding hydrogens is 460 g/mol. The van der Waals surface area contributed by atoms with Crippen molar-refractivity contribution in [3.05, 3.63) is 88.5 Å². The molecule has 34 heavy (non-hydrogen) atoms. The molecule has 10 nitrogen and oxygen atoms in total. The second-order valence-corrected chi connectivity index (χ2v) is 9.22. The van der Waals surface area contributed by atoms with E-state index >= 15 is 0 Å². The van der Waals surface area contributed by atoms with Crippen LogP contribution in [0.15, 0.2) is 77.7 Å². The zero-order valence-electron chi connectivity index (χ0n) is 18.0. The Morgan fingerprint density at radius 2 is 1.59 bits per heavy atom. The second-order valence-electron chi connectivity index (χ2n) is 7.54. The summed E-state index contributed by atoms with van der Waals surface area (Å²) in [4.78, 5) is 24.8. The quantitative estimate of drug-likeness (QED) is 0.389. The molecule has 0 spiro atoms. The maximum absolute atomic E-state index is 12.6. The number of nitro benzene ring substituents is 1. The molecule has 3 aromatic rings. The normalized spacial score (nSPS) is 13.8. The molecule has 1 saturated heterocycles. The van der Waals surface area contributed by atoms with Crippen LogP contribution in [0.1, 0.15) is 10.4 Å². The molecule has 0 bridgehead atoms. The van der Waals surface area contributed by atoms with Gasteiger partial charge in [0.15, 0.2) is 0 Å². The van der Waals surface area contributed by atoms with Gasteiger partial charge in [-0.15, -0.1) is 0 Å². The molecule has 4 rings (SSSR count). The van der Waals surface area contributed by atoms with Crippen LogP contribution in [0, 0.1) is 10.1 Å². The average molecular weight is 483 g/mol. The van der Waals surface area contributed by atoms with Crippen LogP contribution in [0.4, 0.5) is 22.7 Å². The lowest BCUT2D eigenvalue weighted by molar-refractivity contribution is -0.385. The average Bonchev–Trinajstić information content (AvgIpc) is 2.85. The number of rotatable bonds is 7. The molecule has 0 aliphatic carbocycles. The monoisotopic (exact) mass is 482 g/mol. The van der Waals surface area contributed by atoms with Crippen LogP contribution in [0.5, 0.6) is 0 Å². The predicted octanol–water partition coefficient (Wildman–Crippen LogP) is 3.48. The third-order valence-electron chi connectivity index (χ3n) is 5.24. The van der Waals surface area contributed by atoms with Gasteiger partial charge in [0.2, 0.25) is 0 Å². The van der Waals surface area contributed by atoms with Gasteiger partial charge in [-0.2, -0.15) is 0 Å². The van der Waals surface area contributed by atoms with E-state index in [2.05, 4.69) is 14.9 Å². The summed E-state index contributed by atoms with van der Waals surface area (Å²) in [5.74, 6) is -0.341. The van der Waals surface area contributed by atoms with Crippen molar-refractivity contribution < 1.29 is 22.9 Å². The lowest BCUT2D eigenvalue weighted by Crippen LogP contribution is -2.36. The number of non-ortho nitro benzene ring substituents is 1. The van der Waals surface area contributed by atoms with E-state index in [1.807, 2.05) is 24.3 Å². The van der Waals surface area contributed by atoms with Crippen LogP contribution in [-0.2, 0) is 14.8 Å². The summed E-state index contributed by atoms with van der Waals surface area (Å²) in [5, 5.41) is 13.7. The number of nitro groups is 1. The molecule has 1 aliphatic heterocycles. The first-order chi connectivity index (χ1) is 16.3. The summed E-state index contributed by atoms with van der Waals surface area (Å²) in [6.07, 6.45) is 0. The van der Waals surface area contributed by atoms with Crippen molar-refractivity contribution in [1.82, 2.24) is 0 Å². The fraction of sp³-hybridized carbons (Fsp3) is 0.174. The van der Waals surface area contributed by atoms with Gasteiger partial charge in [0.1, 0.15) is 0 Å². The van der Waals surface area contributed by atoms with Crippen molar-refractivity contribution >= 4 is 38.7 Å². The number of ether oxygens (including phenoxy) is 1. The summed E-state index contributed by atoms with van der Waals surface area (Å²) in [6.45, 7) is 3.03. The molecule has 1 amide bonds. The summed E-state index contributed by atoms with van der Waals surface area (Å²) in [7, 11) is -4.03. The van der Waals surface area contributed by atoms with E-state index in [1.165, 1.54) is 42.5 Å². The number of hydrogen-bond acceptors (Lipinski definition) is 7. The third kappa shape index (κ3) is 5.50. The van der Waals surface area contributed by atoms with Crippen LogP contribution in [0.25, 0.3) is 0 Å². The number of carbonyl (C=O) groups excluding carboxylic acids is 1. The fourth-order valence-electron chi connectivity index (χ4n) is 3.45. The summed E-state index contributed by atoms with van der Waals surface area (Å²) >= 11 is 0. The highest BCUT2D eigenvalue weighted by Crippen LogP contribution is 2.22. The van der Waals surface area contributed by atoms with Gasteiger partial charge in [0.05, 0.1) is 23.0 Å². The Bertz CT molecular complexity index is 1290. The summed E-state index contributed by atoms with van der Waals surface area (Å²) in [5.41, 5.74) is 1.93. The zero-order chi connectivity index (χ0) is 24.1. The summed E-state index contributed by atoms with van der Waals surface area (Å²) in [6, 6.07) is 18.2. The first kappa shape index (κ1) is 23.2. The molecule has 2 N–H and O–H groups in total. The third-order valence-corrected chi connectivity index (χ3v) is 6.62. The molecule has 0 atom stereocenters. The Morgan fingerprint density at radius 1 is 0.941 bits per heavy atom. The second kappa shape index (κ2) is 9.89. The molecule has 3 aromatic carbocycles. The zero-order valence-corrected chi connectivity index (χ0v) is 18.8. The molecule has 1 aliphatic rings. The van der Waals surface area contributed by atoms with E-state index in [4.69, 9.17) is 4.74 Å². The number of carbonyl (C=O) groups is 1. The van der Waals surface area contributed by atoms with E-state index in [-0.39, 0.29) is 22.2 Å². The topological polar surface area (TPSA) is 131 Å². The van der Waals surface area contributed by atoms with Crippen molar-refractivity contribution in [3.63, 3.8) is 0 Å². The van der Waals surface area contributed by atoms with Gasteiger partial charge in [-0.25, -0.2) is 8.42 Å². The lowest BCUT2D eigenvalue weighted by atomic mass is 10.2. The van der Waals surface area contributed by atoms with Crippen LogP contribution < -0.4 is 14.9 Å². The van der Waals surface area contributed by atoms with E-state index in [0.29, 0.717) is 24.5 Å². The van der Waals surface area contributed by atoms with Crippen molar-refractivity contribution in [2.45, 2.75) is 4.90 Å². The molecule has 11 heteroatoms. The van der Waals surface area contributed by atoms with Crippen molar-refractivity contribution in [3.8, 4) is 0 Å². The first-order valence-corrected chi connectivity index (χ1v) is 11.9. The highest BCUT2D eigenvalue weighted by molar-refractivity contribution is 7.92. The minimum Gasteiger partial charge on any atom is -0.378 e. The van der Waals surface area contributed by atoms with Gasteiger partial charge in [0, 0.05) is 47.8 Å². The van der Waals surface area contributed by atoms with Crippen molar-refractivity contribution in [2.24, 2.45) is 0 Å². The molecule has 1 fully saturated rings. The molecule has 0 radical (unpaired) electrons. The van der Waals surface area contributed by atoms with Gasteiger partial charge in [0.25, 0.3) is 21.6 Å². The number of sulfonamides is 1. The number of hydrogen-bond donors (Lipinski definition) is 2. The molecule has 176 valence electrons. The molecular formula is C23H22N4O6S. The Balaban J connectivity index is 1.39. The van der Waals surface area contributed by atoms with Crippen LogP contribution >= 0.6 is 0 Å². The largest absolute Gasteiger partial charge is 0.378 e. The number of amides is 1. The highest BCUT2D eigenvalue weighted by atomic mass is 32.2. The predicted molar refractivity (Wildman–Crippen MR) is 128 cm³/mol. The van der Waals surface area contributed by atoms with E-state index < -0.39 is 14.9 Å². The molecule has 0 aromatic heterocycles. The number of nitrogens with one attached hydrogen (secondary N) is 2. The van der Waals surface area contributed by atoms with Crippen molar-refractivity contribution in [2.75, 3.05) is 41.2 Å². The number of benzene rings is 3. The molecule has 0 unspecified atom stereocenters. The SMILES string of the molecule is O=C(Nc1ccc(N2CCOCC2)cc1)c1ccc(NS(=O)(=O)c2cccc([N+](=O)[O-])c2)cc1. The highest BCUT2D eigenvalue weighted by Gasteiger charge is 2.18. The number of morpholine rings is 1. The fourth-order valence-corrected chi connectivity index (χ4v) is 4.55. The maximum atomic E-state index is 12.6. The molecule has 0 saturated carbocycles. The van der Waals surface area contributed by atoms with Crippen LogP contribution in [-0.4, -0.2) is 45.6 Å². The van der Waals surface area contributed by atoms with Gasteiger partial charge in [-0.05, 0) is 54.6 Å². The van der Waals surface area contributed by atoms with Gasteiger partial charge >= 0.3 is 0 Å².